The van der Waals surface area contributed by atoms with E-state index in [1.165, 1.54) is 28.5 Å². The third kappa shape index (κ3) is 4.08. The van der Waals surface area contributed by atoms with Crippen LogP contribution >= 0.6 is 11.6 Å². The molecule has 2 N–H and O–H groups in total. The topological polar surface area (TPSA) is 98.4 Å². The van der Waals surface area contributed by atoms with E-state index in [0.717, 1.165) is 5.56 Å². The predicted octanol–water partition coefficient (Wildman–Crippen LogP) is 3.49. The van der Waals surface area contributed by atoms with Crippen LogP contribution in [-0.4, -0.2) is 37.0 Å². The van der Waals surface area contributed by atoms with Gasteiger partial charge in [-0.3, -0.25) is 5.32 Å². The molecule has 3 aromatic rings. The second kappa shape index (κ2) is 7.35. The van der Waals surface area contributed by atoms with Crippen LogP contribution in [0.15, 0.2) is 18.5 Å². The molecule has 0 unspecified atom stereocenters. The van der Waals surface area contributed by atoms with Crippen molar-refractivity contribution in [2.24, 2.45) is 7.05 Å². The third-order valence-electron chi connectivity index (χ3n) is 3.64. The Balaban J connectivity index is 1.82. The number of carbonyl (C=O) groups excluding carboxylic acids is 1. The Morgan fingerprint density at radius 3 is 2.74 bits per heavy atom. The van der Waals surface area contributed by atoms with Crippen molar-refractivity contribution < 1.29 is 18.3 Å². The van der Waals surface area contributed by atoms with Crippen molar-refractivity contribution in [3.63, 3.8) is 0 Å². The van der Waals surface area contributed by atoms with E-state index in [-0.39, 0.29) is 22.8 Å². The fraction of sp³-hybridized carbons (Fsp3) is 0.333. The van der Waals surface area contributed by atoms with E-state index >= 15 is 0 Å². The molecule has 2 amide bonds. The van der Waals surface area contributed by atoms with Gasteiger partial charge >= 0.3 is 12.6 Å². The fourth-order valence-corrected chi connectivity index (χ4v) is 2.74. The predicted molar refractivity (Wildman–Crippen MR) is 94.6 cm³/mol. The van der Waals surface area contributed by atoms with E-state index in [1.54, 1.807) is 6.20 Å². The van der Waals surface area contributed by atoms with Gasteiger partial charge in [0.2, 0.25) is 5.88 Å². The summed E-state index contributed by atoms with van der Waals surface area (Å²) >= 11 is 5.93. The lowest BCUT2D eigenvalue weighted by Crippen LogP contribution is -2.22. The molecule has 0 aliphatic heterocycles. The standard InChI is InChI=1S/C15H16ClF2N7O2/c1-7(2)12-8(5-19-25-6-9(16)21-13(12)25)20-15(26)22-10-4-11(23-24(10)3)27-14(17)18/h4-7,14H,1-3H3,(H2,20,22,26). The Morgan fingerprint density at radius 2 is 2.07 bits per heavy atom. The van der Waals surface area contributed by atoms with Crippen LogP contribution < -0.4 is 15.4 Å². The Morgan fingerprint density at radius 1 is 1.33 bits per heavy atom. The zero-order valence-corrected chi connectivity index (χ0v) is 15.3. The Labute approximate surface area is 157 Å². The average molecular weight is 400 g/mol. The van der Waals surface area contributed by atoms with Crippen LogP contribution in [0.3, 0.4) is 0 Å². The maximum absolute atomic E-state index is 12.3. The number of aromatic nitrogens is 5. The molecule has 0 bridgehead atoms. The van der Waals surface area contributed by atoms with E-state index in [2.05, 4.69) is 30.6 Å². The number of alkyl halides is 2. The van der Waals surface area contributed by atoms with Crippen LogP contribution in [0, 0.1) is 0 Å². The molecule has 0 aliphatic rings. The van der Waals surface area contributed by atoms with E-state index in [9.17, 15) is 13.6 Å². The number of carbonyl (C=O) groups is 1. The molecule has 0 fully saturated rings. The first-order valence-corrected chi connectivity index (χ1v) is 8.23. The molecule has 0 aromatic carbocycles. The van der Waals surface area contributed by atoms with Gasteiger partial charge in [0.05, 0.1) is 18.1 Å². The number of halogens is 3. The second-order valence-corrected chi connectivity index (χ2v) is 6.29. The maximum atomic E-state index is 12.3. The van der Waals surface area contributed by atoms with Gasteiger partial charge < -0.3 is 10.1 Å². The monoisotopic (exact) mass is 399 g/mol. The molecular formula is C15H16ClF2N7O2. The lowest BCUT2D eigenvalue weighted by Gasteiger charge is -2.14. The van der Waals surface area contributed by atoms with Crippen molar-refractivity contribution in [2.75, 3.05) is 10.6 Å². The molecule has 3 aromatic heterocycles. The lowest BCUT2D eigenvalue weighted by atomic mass is 10.0. The third-order valence-corrected chi connectivity index (χ3v) is 3.82. The van der Waals surface area contributed by atoms with Gasteiger partial charge in [0.1, 0.15) is 11.0 Å². The van der Waals surface area contributed by atoms with E-state index in [4.69, 9.17) is 11.6 Å². The zero-order chi connectivity index (χ0) is 19.7. The molecule has 3 rings (SSSR count). The minimum absolute atomic E-state index is 0.0204. The number of ether oxygens (including phenoxy) is 1. The number of amides is 2. The highest BCUT2D eigenvalue weighted by molar-refractivity contribution is 6.29. The number of hydrogen-bond donors (Lipinski definition) is 2. The maximum Gasteiger partial charge on any atom is 0.388 e. The summed E-state index contributed by atoms with van der Waals surface area (Å²) in [5.74, 6) is -0.111. The summed E-state index contributed by atoms with van der Waals surface area (Å²) in [5, 5.41) is 13.4. The van der Waals surface area contributed by atoms with Crippen molar-refractivity contribution in [1.29, 1.82) is 0 Å². The molecule has 0 spiro atoms. The summed E-state index contributed by atoms with van der Waals surface area (Å²) in [6.45, 7) is 0.876. The Kier molecular flexibility index (Phi) is 5.13. The number of imidazole rings is 1. The Bertz CT molecular complexity index is 986. The van der Waals surface area contributed by atoms with Gasteiger partial charge in [-0.25, -0.2) is 19.0 Å². The van der Waals surface area contributed by atoms with Gasteiger partial charge in [0.15, 0.2) is 5.65 Å². The minimum Gasteiger partial charge on any atom is -0.415 e. The SMILES string of the molecule is CC(C)c1c(NC(=O)Nc2cc(OC(F)F)nn2C)cnn2cc(Cl)nc12. The molecule has 0 saturated carbocycles. The largest absolute Gasteiger partial charge is 0.415 e. The van der Waals surface area contributed by atoms with Crippen molar-refractivity contribution in [3.05, 3.63) is 29.2 Å². The van der Waals surface area contributed by atoms with Crippen LogP contribution in [0.5, 0.6) is 5.88 Å². The number of anilines is 2. The molecular weight excluding hydrogens is 384 g/mol. The molecule has 0 atom stereocenters. The summed E-state index contributed by atoms with van der Waals surface area (Å²) in [7, 11) is 1.48. The molecule has 9 nitrogen and oxygen atoms in total. The second-order valence-electron chi connectivity index (χ2n) is 5.91. The van der Waals surface area contributed by atoms with Crippen molar-refractivity contribution >= 4 is 34.8 Å². The zero-order valence-electron chi connectivity index (χ0n) is 14.6. The molecule has 144 valence electrons. The fourth-order valence-electron chi connectivity index (χ4n) is 2.57. The van der Waals surface area contributed by atoms with E-state index < -0.39 is 12.6 Å². The first kappa shape index (κ1) is 18.8. The van der Waals surface area contributed by atoms with Crippen molar-refractivity contribution in [2.45, 2.75) is 26.4 Å². The van der Waals surface area contributed by atoms with Crippen LogP contribution in [0.25, 0.3) is 5.65 Å². The van der Waals surface area contributed by atoms with Crippen molar-refractivity contribution in [1.82, 2.24) is 24.4 Å². The van der Waals surface area contributed by atoms with Crippen LogP contribution in [0.1, 0.15) is 25.3 Å². The number of nitrogens with zero attached hydrogens (tertiary/aromatic N) is 5. The molecule has 0 radical (unpaired) electrons. The smallest absolute Gasteiger partial charge is 0.388 e. The van der Waals surface area contributed by atoms with Crippen LogP contribution in [0.4, 0.5) is 25.1 Å². The van der Waals surface area contributed by atoms with E-state index in [1.807, 2.05) is 13.8 Å². The van der Waals surface area contributed by atoms with Gasteiger partial charge in [0.25, 0.3) is 0 Å². The quantitative estimate of drug-likeness (QED) is 0.684. The number of rotatable bonds is 5. The number of aryl methyl sites for hydroxylation is 1. The summed E-state index contributed by atoms with van der Waals surface area (Å²) in [5.41, 5.74) is 1.73. The summed E-state index contributed by atoms with van der Waals surface area (Å²) in [6, 6.07) is 0.581. The minimum atomic E-state index is -3.01. The number of fused-ring (bicyclic) bond motifs is 1. The molecule has 12 heteroatoms. The number of urea groups is 1. The van der Waals surface area contributed by atoms with E-state index in [0.29, 0.717) is 11.3 Å². The first-order valence-electron chi connectivity index (χ1n) is 7.85. The van der Waals surface area contributed by atoms with Gasteiger partial charge in [-0.2, -0.15) is 13.9 Å². The van der Waals surface area contributed by atoms with Gasteiger partial charge in [0, 0.05) is 18.7 Å². The van der Waals surface area contributed by atoms with Gasteiger partial charge in [-0.1, -0.05) is 25.4 Å². The van der Waals surface area contributed by atoms with Crippen molar-refractivity contribution in [3.8, 4) is 5.88 Å². The van der Waals surface area contributed by atoms with Gasteiger partial charge in [-0.05, 0) is 5.92 Å². The van der Waals surface area contributed by atoms with Crippen LogP contribution in [0.2, 0.25) is 5.15 Å². The number of nitrogens with one attached hydrogen (secondary N) is 2. The highest BCUT2D eigenvalue weighted by atomic mass is 35.5. The Hall–Kier alpha value is -2.95. The molecule has 3 heterocycles. The molecule has 0 aliphatic carbocycles. The highest BCUT2D eigenvalue weighted by Crippen LogP contribution is 2.28. The summed E-state index contributed by atoms with van der Waals surface area (Å²) in [4.78, 5) is 16.6. The van der Waals surface area contributed by atoms with Gasteiger partial charge in [-0.15, -0.1) is 5.10 Å². The summed E-state index contributed by atoms with van der Waals surface area (Å²) < 4.78 is 31.5. The molecule has 0 saturated heterocycles. The average Bonchev–Trinajstić information content (AvgIpc) is 3.07. The van der Waals surface area contributed by atoms with Crippen LogP contribution in [-0.2, 0) is 7.05 Å². The lowest BCUT2D eigenvalue weighted by molar-refractivity contribution is -0.0531. The normalized spacial score (nSPS) is 11.4. The number of hydrogen-bond acceptors (Lipinski definition) is 5. The highest BCUT2D eigenvalue weighted by Gasteiger charge is 2.18. The first-order chi connectivity index (χ1) is 12.7. The summed E-state index contributed by atoms with van der Waals surface area (Å²) in [6.07, 6.45) is 3.04. The molecule has 27 heavy (non-hydrogen) atoms.